The number of anilines is 3. The number of piperazine rings is 1. The molecule has 11 nitrogen and oxygen atoms in total. The van der Waals surface area contributed by atoms with Crippen LogP contribution >= 0.6 is 0 Å². The van der Waals surface area contributed by atoms with E-state index in [0.29, 0.717) is 49.9 Å². The topological polar surface area (TPSA) is 136 Å². The van der Waals surface area contributed by atoms with Gasteiger partial charge in [-0.3, -0.25) is 9.67 Å². The summed E-state index contributed by atoms with van der Waals surface area (Å²) >= 11 is 0. The number of pyridine rings is 1. The van der Waals surface area contributed by atoms with Gasteiger partial charge >= 0.3 is 6.09 Å². The predicted octanol–water partition coefficient (Wildman–Crippen LogP) is 4.87. The Morgan fingerprint density at radius 2 is 1.83 bits per heavy atom. The number of hydrogen-bond acceptors (Lipinski definition) is 8. The molecule has 0 aliphatic carbocycles. The maximum absolute atomic E-state index is 11.2. The van der Waals surface area contributed by atoms with Gasteiger partial charge in [-0.1, -0.05) is 12.1 Å². The first-order valence-corrected chi connectivity index (χ1v) is 13.5. The van der Waals surface area contributed by atoms with Crippen LogP contribution in [-0.4, -0.2) is 67.0 Å². The van der Waals surface area contributed by atoms with Crippen molar-refractivity contribution in [2.45, 2.75) is 6.54 Å². The number of nitrogens with one attached hydrogen (secondary N) is 1. The van der Waals surface area contributed by atoms with Crippen molar-refractivity contribution >= 4 is 23.4 Å². The van der Waals surface area contributed by atoms with Crippen LogP contribution in [0.4, 0.5) is 22.1 Å². The van der Waals surface area contributed by atoms with Crippen LogP contribution in [0, 0.1) is 11.3 Å². The lowest BCUT2D eigenvalue weighted by Crippen LogP contribution is -2.48. The molecule has 2 aromatic carbocycles. The lowest BCUT2D eigenvalue weighted by Gasteiger charge is -2.34. The van der Waals surface area contributed by atoms with Crippen LogP contribution in [0.1, 0.15) is 11.1 Å². The van der Waals surface area contributed by atoms with E-state index in [9.17, 15) is 15.2 Å². The zero-order chi connectivity index (χ0) is 28.9. The minimum atomic E-state index is -0.873. The number of aromatic nitrogens is 5. The van der Waals surface area contributed by atoms with Crippen molar-refractivity contribution in [2.24, 2.45) is 0 Å². The Bertz CT molecular complexity index is 1740. The van der Waals surface area contributed by atoms with Gasteiger partial charge in [-0.15, -0.1) is 0 Å². The molecule has 0 radical (unpaired) electrons. The number of rotatable bonds is 7. The summed E-state index contributed by atoms with van der Waals surface area (Å²) in [7, 11) is 0. The first kappa shape index (κ1) is 26.5. The van der Waals surface area contributed by atoms with E-state index in [-0.39, 0.29) is 0 Å². The second-order valence-electron chi connectivity index (χ2n) is 9.84. The van der Waals surface area contributed by atoms with E-state index in [4.69, 9.17) is 10.1 Å². The van der Waals surface area contributed by atoms with Crippen molar-refractivity contribution in [3.8, 4) is 28.6 Å². The summed E-state index contributed by atoms with van der Waals surface area (Å²) in [5.74, 6) is 0.446. The van der Waals surface area contributed by atoms with Crippen LogP contribution in [0.3, 0.4) is 0 Å². The molecular formula is C31H27N9O2. The molecule has 1 saturated heterocycles. The Kier molecular flexibility index (Phi) is 7.42. The van der Waals surface area contributed by atoms with Crippen LogP contribution in [0.5, 0.6) is 0 Å². The summed E-state index contributed by atoms with van der Waals surface area (Å²) in [4.78, 5) is 28.3. The highest BCUT2D eigenvalue weighted by molar-refractivity contribution is 5.78. The molecule has 1 aliphatic rings. The van der Waals surface area contributed by atoms with Crippen molar-refractivity contribution in [3.63, 3.8) is 0 Å². The van der Waals surface area contributed by atoms with Gasteiger partial charge in [0.05, 0.1) is 23.9 Å². The first-order chi connectivity index (χ1) is 20.6. The lowest BCUT2D eigenvalue weighted by molar-refractivity contribution is 0.142. The fraction of sp³-hybridized carbons (Fsp3) is 0.161. The highest BCUT2D eigenvalue weighted by Crippen LogP contribution is 2.31. The number of nitriles is 1. The number of hydrogen-bond donors (Lipinski definition) is 2. The molecule has 2 N–H and O–H groups in total. The third kappa shape index (κ3) is 5.88. The zero-order valence-electron chi connectivity index (χ0n) is 22.6. The van der Waals surface area contributed by atoms with Crippen molar-refractivity contribution < 1.29 is 9.90 Å². The molecule has 6 rings (SSSR count). The van der Waals surface area contributed by atoms with E-state index >= 15 is 0 Å². The maximum atomic E-state index is 11.2. The minimum Gasteiger partial charge on any atom is -0.465 e. The molecule has 0 unspecified atom stereocenters. The number of amides is 1. The Morgan fingerprint density at radius 1 is 1.00 bits per heavy atom. The van der Waals surface area contributed by atoms with Crippen LogP contribution in [-0.2, 0) is 6.54 Å². The molecule has 42 heavy (non-hydrogen) atoms. The van der Waals surface area contributed by atoms with E-state index < -0.39 is 6.09 Å². The second kappa shape index (κ2) is 11.8. The van der Waals surface area contributed by atoms with Crippen LogP contribution in [0.25, 0.3) is 22.5 Å². The largest absolute Gasteiger partial charge is 0.465 e. The molecule has 3 aromatic heterocycles. The van der Waals surface area contributed by atoms with Gasteiger partial charge in [0.15, 0.2) is 0 Å². The minimum absolute atomic E-state index is 0.446. The quantitative estimate of drug-likeness (QED) is 0.287. The SMILES string of the molecule is N#Cc1cccc(Cn2cc(-c3ccnc(Nc4ccc(N5CCN(C(=O)O)CC5)cc4)n3)c(-c3cccnc3)n2)c1. The molecule has 5 aromatic rings. The van der Waals surface area contributed by atoms with Crippen LogP contribution < -0.4 is 10.2 Å². The van der Waals surface area contributed by atoms with E-state index in [1.807, 2.05) is 71.5 Å². The third-order valence-corrected chi connectivity index (χ3v) is 7.07. The smallest absolute Gasteiger partial charge is 0.407 e. The van der Waals surface area contributed by atoms with E-state index in [1.165, 1.54) is 4.90 Å². The molecule has 0 spiro atoms. The molecule has 1 amide bonds. The van der Waals surface area contributed by atoms with Crippen LogP contribution in [0.15, 0.2) is 91.5 Å². The Labute approximate surface area is 242 Å². The molecule has 0 bridgehead atoms. The highest BCUT2D eigenvalue weighted by atomic mass is 16.4. The van der Waals surface area contributed by atoms with Gasteiger partial charge in [-0.25, -0.2) is 14.8 Å². The Balaban J connectivity index is 1.23. The summed E-state index contributed by atoms with van der Waals surface area (Å²) in [6.45, 7) is 2.78. The molecule has 11 heteroatoms. The standard InChI is InChI=1S/C31H27N9O2/c32-18-22-3-1-4-23(17-22)20-40-21-27(29(37-40)24-5-2-11-33-19-24)28-10-12-34-30(36-28)35-25-6-8-26(9-7-25)38-13-15-39(16-14-38)31(41)42/h1-12,17,19,21H,13-16,20H2,(H,41,42)(H,34,35,36). The van der Waals surface area contributed by atoms with Gasteiger partial charge < -0.3 is 20.2 Å². The first-order valence-electron chi connectivity index (χ1n) is 13.5. The molecule has 0 saturated carbocycles. The van der Waals surface area contributed by atoms with Crippen molar-refractivity contribution in [3.05, 3.63) is 103 Å². The van der Waals surface area contributed by atoms with E-state index in [2.05, 4.69) is 26.3 Å². The molecular weight excluding hydrogens is 530 g/mol. The summed E-state index contributed by atoms with van der Waals surface area (Å²) in [6.07, 6.45) is 6.28. The van der Waals surface area contributed by atoms with Gasteiger partial charge in [0.1, 0.15) is 5.69 Å². The van der Waals surface area contributed by atoms with Crippen LogP contribution in [0.2, 0.25) is 0 Å². The summed E-state index contributed by atoms with van der Waals surface area (Å²) in [5.41, 5.74) is 6.60. The maximum Gasteiger partial charge on any atom is 0.407 e. The highest BCUT2D eigenvalue weighted by Gasteiger charge is 2.20. The zero-order valence-corrected chi connectivity index (χ0v) is 22.6. The van der Waals surface area contributed by atoms with Gasteiger partial charge in [-0.2, -0.15) is 10.4 Å². The van der Waals surface area contributed by atoms with Crippen molar-refractivity contribution in [1.82, 2.24) is 29.6 Å². The number of nitrogens with zero attached hydrogens (tertiary/aromatic N) is 8. The molecule has 1 aliphatic heterocycles. The summed E-state index contributed by atoms with van der Waals surface area (Å²) in [6, 6.07) is 23.3. The average Bonchev–Trinajstić information content (AvgIpc) is 3.46. The molecule has 208 valence electrons. The van der Waals surface area contributed by atoms with Crippen molar-refractivity contribution in [1.29, 1.82) is 5.26 Å². The Hall–Kier alpha value is -5.76. The number of carboxylic acid groups (broad SMARTS) is 1. The fourth-order valence-electron chi connectivity index (χ4n) is 4.94. The normalized spacial score (nSPS) is 13.0. The number of benzene rings is 2. The van der Waals surface area contributed by atoms with Gasteiger partial charge in [0.2, 0.25) is 5.95 Å². The summed E-state index contributed by atoms with van der Waals surface area (Å²) < 4.78 is 1.85. The molecule has 0 atom stereocenters. The van der Waals surface area contributed by atoms with Gasteiger partial charge in [0.25, 0.3) is 0 Å². The molecule has 4 heterocycles. The van der Waals surface area contributed by atoms with E-state index in [1.54, 1.807) is 24.7 Å². The monoisotopic (exact) mass is 557 g/mol. The summed E-state index contributed by atoms with van der Waals surface area (Å²) in [5, 5.41) is 26.6. The molecule has 1 fully saturated rings. The van der Waals surface area contributed by atoms with Gasteiger partial charge in [-0.05, 0) is 60.2 Å². The second-order valence-corrected chi connectivity index (χ2v) is 9.84. The Morgan fingerprint density at radius 3 is 2.57 bits per heavy atom. The van der Waals surface area contributed by atoms with E-state index in [0.717, 1.165) is 33.8 Å². The van der Waals surface area contributed by atoms with Crippen molar-refractivity contribution in [2.75, 3.05) is 36.4 Å². The number of carbonyl (C=O) groups is 1. The third-order valence-electron chi connectivity index (χ3n) is 7.07. The lowest BCUT2D eigenvalue weighted by atomic mass is 10.1. The van der Waals surface area contributed by atoms with Gasteiger partial charge in [0, 0.05) is 73.5 Å². The fourth-order valence-corrected chi connectivity index (χ4v) is 4.94. The average molecular weight is 558 g/mol. The predicted molar refractivity (Wildman–Crippen MR) is 158 cm³/mol.